The summed E-state index contributed by atoms with van der Waals surface area (Å²) in [5.41, 5.74) is 1.49. The van der Waals surface area contributed by atoms with Gasteiger partial charge in [-0.15, -0.1) is 11.3 Å². The van der Waals surface area contributed by atoms with Gasteiger partial charge in [0.2, 0.25) is 0 Å². The smallest absolute Gasteiger partial charge is 0.0345 e. The van der Waals surface area contributed by atoms with Gasteiger partial charge in [-0.05, 0) is 41.3 Å². The van der Waals surface area contributed by atoms with Gasteiger partial charge in [0.05, 0.1) is 0 Å². The van der Waals surface area contributed by atoms with Crippen LogP contribution in [0, 0.1) is 5.92 Å². The Bertz CT molecular complexity index is 488. The molecule has 1 aliphatic rings. The molecular formula is C14H18N2S. The van der Waals surface area contributed by atoms with E-state index >= 15 is 0 Å². The summed E-state index contributed by atoms with van der Waals surface area (Å²) < 4.78 is 1.41. The van der Waals surface area contributed by atoms with Crippen molar-refractivity contribution in [2.24, 2.45) is 5.92 Å². The molecule has 17 heavy (non-hydrogen) atoms. The Hall–Kier alpha value is -0.900. The van der Waals surface area contributed by atoms with E-state index in [4.69, 9.17) is 0 Å². The Morgan fingerprint density at radius 3 is 3.00 bits per heavy atom. The van der Waals surface area contributed by atoms with Crippen LogP contribution < -0.4 is 10.6 Å². The zero-order valence-corrected chi connectivity index (χ0v) is 10.7. The van der Waals surface area contributed by atoms with Crippen LogP contribution in [0.5, 0.6) is 0 Å². The molecule has 1 fully saturated rings. The van der Waals surface area contributed by atoms with Crippen LogP contribution in [0.25, 0.3) is 10.1 Å². The molecule has 2 N–H and O–H groups in total. The molecule has 0 spiro atoms. The first kappa shape index (κ1) is 11.2. The van der Waals surface area contributed by atoms with Gasteiger partial charge in [0.15, 0.2) is 0 Å². The fourth-order valence-corrected chi connectivity index (χ4v) is 3.25. The summed E-state index contributed by atoms with van der Waals surface area (Å²) >= 11 is 1.86. The Morgan fingerprint density at radius 1 is 1.29 bits per heavy atom. The van der Waals surface area contributed by atoms with Crippen molar-refractivity contribution in [1.29, 1.82) is 0 Å². The van der Waals surface area contributed by atoms with Gasteiger partial charge in [-0.3, -0.25) is 0 Å². The van der Waals surface area contributed by atoms with Crippen LogP contribution in [0.3, 0.4) is 0 Å². The van der Waals surface area contributed by atoms with Crippen LogP contribution in [-0.2, 0) is 6.42 Å². The third-order valence-corrected chi connectivity index (χ3v) is 4.44. The number of hydrogen-bond acceptors (Lipinski definition) is 3. The summed E-state index contributed by atoms with van der Waals surface area (Å²) in [6.45, 7) is 4.63. The van der Waals surface area contributed by atoms with Gasteiger partial charge in [-0.25, -0.2) is 0 Å². The number of hydrogen-bond donors (Lipinski definition) is 2. The minimum Gasteiger partial charge on any atom is -0.316 e. The van der Waals surface area contributed by atoms with E-state index < -0.39 is 0 Å². The Balaban J connectivity index is 1.53. The molecule has 1 saturated heterocycles. The number of rotatable bonds is 5. The van der Waals surface area contributed by atoms with Crippen molar-refractivity contribution in [2.45, 2.75) is 6.42 Å². The SMILES string of the molecule is c1ccc2c(CCNCC3CNC3)csc2c1. The topological polar surface area (TPSA) is 24.1 Å². The van der Waals surface area contributed by atoms with Crippen LogP contribution in [0.15, 0.2) is 29.6 Å². The summed E-state index contributed by atoms with van der Waals surface area (Å²) in [6.07, 6.45) is 1.14. The Morgan fingerprint density at radius 2 is 2.18 bits per heavy atom. The molecule has 1 aliphatic heterocycles. The first-order valence-corrected chi connectivity index (χ1v) is 7.18. The standard InChI is InChI=1S/C14H18N2S/c1-2-4-14-13(3-1)12(10-17-14)5-6-15-7-11-8-16-9-11/h1-4,10-11,15-16H,5-9H2. The zero-order valence-electron chi connectivity index (χ0n) is 9.91. The predicted molar refractivity (Wildman–Crippen MR) is 74.8 cm³/mol. The predicted octanol–water partition coefficient (Wildman–Crippen LogP) is 2.25. The Kier molecular flexibility index (Phi) is 3.41. The molecule has 0 saturated carbocycles. The van der Waals surface area contributed by atoms with Crippen molar-refractivity contribution < 1.29 is 0 Å². The fourth-order valence-electron chi connectivity index (χ4n) is 2.25. The highest BCUT2D eigenvalue weighted by Gasteiger charge is 2.15. The first-order chi connectivity index (χ1) is 8.43. The summed E-state index contributed by atoms with van der Waals surface area (Å²) in [4.78, 5) is 0. The zero-order chi connectivity index (χ0) is 11.5. The van der Waals surface area contributed by atoms with Gasteiger partial charge in [0.25, 0.3) is 0 Å². The molecule has 0 amide bonds. The van der Waals surface area contributed by atoms with E-state index in [0.29, 0.717) is 0 Å². The molecule has 2 heterocycles. The van der Waals surface area contributed by atoms with E-state index in [-0.39, 0.29) is 0 Å². The van der Waals surface area contributed by atoms with E-state index in [0.717, 1.165) is 25.4 Å². The van der Waals surface area contributed by atoms with Gasteiger partial charge in [0.1, 0.15) is 0 Å². The van der Waals surface area contributed by atoms with Crippen LogP contribution in [0.4, 0.5) is 0 Å². The van der Waals surface area contributed by atoms with Gasteiger partial charge in [-0.1, -0.05) is 18.2 Å². The molecule has 1 aromatic heterocycles. The monoisotopic (exact) mass is 246 g/mol. The minimum absolute atomic E-state index is 0.856. The van der Waals surface area contributed by atoms with Gasteiger partial charge in [-0.2, -0.15) is 0 Å². The summed E-state index contributed by atoms with van der Waals surface area (Å²) in [7, 11) is 0. The van der Waals surface area contributed by atoms with Crippen LogP contribution in [-0.4, -0.2) is 26.2 Å². The molecule has 0 atom stereocenters. The number of thiophene rings is 1. The fraction of sp³-hybridized carbons (Fsp3) is 0.429. The van der Waals surface area contributed by atoms with E-state index in [9.17, 15) is 0 Å². The molecule has 1 aromatic carbocycles. The molecular weight excluding hydrogens is 228 g/mol. The maximum atomic E-state index is 3.55. The van der Waals surface area contributed by atoms with Crippen LogP contribution in [0.1, 0.15) is 5.56 Å². The molecule has 3 rings (SSSR count). The maximum absolute atomic E-state index is 3.55. The lowest BCUT2D eigenvalue weighted by atomic mass is 10.0. The van der Waals surface area contributed by atoms with Gasteiger partial charge >= 0.3 is 0 Å². The highest BCUT2D eigenvalue weighted by molar-refractivity contribution is 7.17. The summed E-state index contributed by atoms with van der Waals surface area (Å²) in [5.74, 6) is 0.856. The second-order valence-corrected chi connectivity index (χ2v) is 5.65. The van der Waals surface area contributed by atoms with Crippen LogP contribution in [0.2, 0.25) is 0 Å². The van der Waals surface area contributed by atoms with Crippen molar-refractivity contribution in [3.05, 3.63) is 35.2 Å². The van der Waals surface area contributed by atoms with E-state index in [1.54, 1.807) is 0 Å². The molecule has 0 radical (unpaired) electrons. The van der Waals surface area contributed by atoms with E-state index in [1.807, 2.05) is 11.3 Å². The maximum Gasteiger partial charge on any atom is 0.0345 e. The van der Waals surface area contributed by atoms with Crippen molar-refractivity contribution in [3.8, 4) is 0 Å². The number of benzene rings is 1. The summed E-state index contributed by atoms with van der Waals surface area (Å²) in [5, 5.41) is 10.6. The highest BCUT2D eigenvalue weighted by atomic mass is 32.1. The van der Waals surface area contributed by atoms with Crippen LogP contribution >= 0.6 is 11.3 Å². The lowest BCUT2D eigenvalue weighted by Gasteiger charge is -2.27. The minimum atomic E-state index is 0.856. The van der Waals surface area contributed by atoms with Gasteiger partial charge < -0.3 is 10.6 Å². The molecule has 0 aliphatic carbocycles. The summed E-state index contributed by atoms with van der Waals surface area (Å²) in [6, 6.07) is 8.68. The molecule has 0 unspecified atom stereocenters. The van der Waals surface area contributed by atoms with Gasteiger partial charge in [0, 0.05) is 24.3 Å². The second-order valence-electron chi connectivity index (χ2n) is 4.74. The van der Waals surface area contributed by atoms with Crippen molar-refractivity contribution in [3.63, 3.8) is 0 Å². The molecule has 2 nitrogen and oxygen atoms in total. The van der Waals surface area contributed by atoms with Crippen molar-refractivity contribution in [1.82, 2.24) is 10.6 Å². The lowest BCUT2D eigenvalue weighted by Crippen LogP contribution is -2.47. The Labute approximate surface area is 106 Å². The lowest BCUT2D eigenvalue weighted by molar-refractivity contribution is 0.333. The van der Waals surface area contributed by atoms with E-state index in [1.165, 1.54) is 28.7 Å². The third-order valence-electron chi connectivity index (χ3n) is 3.43. The third kappa shape index (κ3) is 2.51. The van der Waals surface area contributed by atoms with Crippen molar-refractivity contribution in [2.75, 3.05) is 26.2 Å². The molecule has 90 valence electrons. The average Bonchev–Trinajstić information content (AvgIpc) is 2.70. The number of fused-ring (bicyclic) bond motifs is 1. The number of nitrogens with one attached hydrogen (secondary N) is 2. The normalized spacial score (nSPS) is 16.2. The second kappa shape index (κ2) is 5.17. The van der Waals surface area contributed by atoms with E-state index in [2.05, 4.69) is 40.3 Å². The highest BCUT2D eigenvalue weighted by Crippen LogP contribution is 2.25. The quantitative estimate of drug-likeness (QED) is 0.791. The molecule has 3 heteroatoms. The first-order valence-electron chi connectivity index (χ1n) is 6.30. The largest absolute Gasteiger partial charge is 0.316 e. The van der Waals surface area contributed by atoms with Crippen molar-refractivity contribution >= 4 is 21.4 Å². The molecule has 2 aromatic rings. The average molecular weight is 246 g/mol. The molecule has 0 bridgehead atoms.